The van der Waals surface area contributed by atoms with E-state index in [1.807, 2.05) is 12.1 Å². The van der Waals surface area contributed by atoms with Crippen molar-refractivity contribution in [3.8, 4) is 17.6 Å². The van der Waals surface area contributed by atoms with Crippen molar-refractivity contribution >= 4 is 17.5 Å². The van der Waals surface area contributed by atoms with Gasteiger partial charge in [-0.3, -0.25) is 4.79 Å². The Morgan fingerprint density at radius 3 is 2.71 bits per heavy atom. The van der Waals surface area contributed by atoms with Gasteiger partial charge in [0.2, 0.25) is 0 Å². The summed E-state index contributed by atoms with van der Waals surface area (Å²) in [5.74, 6) is 0.932. The van der Waals surface area contributed by atoms with Gasteiger partial charge in [0.25, 0.3) is 5.91 Å². The van der Waals surface area contributed by atoms with Gasteiger partial charge in [0, 0.05) is 18.5 Å². The second-order valence-corrected chi connectivity index (χ2v) is 5.73. The molecular weight excluding hydrogens is 328 g/mol. The predicted octanol–water partition coefficient (Wildman–Crippen LogP) is 3.30. The molecule has 0 atom stereocenters. The van der Waals surface area contributed by atoms with E-state index in [-0.39, 0.29) is 5.91 Å². The van der Waals surface area contributed by atoms with Gasteiger partial charge in [-0.25, -0.2) is 0 Å². The zero-order chi connectivity index (χ0) is 16.9. The lowest BCUT2D eigenvalue weighted by Crippen LogP contribution is -2.22. The third-order valence-electron chi connectivity index (χ3n) is 3.59. The SMILES string of the molecule is N#Cc1ccc(C(=O)NCc2cc(Cl)c3c(c2)OCCCO3)cc1. The summed E-state index contributed by atoms with van der Waals surface area (Å²) in [6.07, 6.45) is 0.801. The number of amides is 1. The third-order valence-corrected chi connectivity index (χ3v) is 3.87. The van der Waals surface area contributed by atoms with Gasteiger partial charge < -0.3 is 14.8 Å². The highest BCUT2D eigenvalue weighted by molar-refractivity contribution is 6.32. The lowest BCUT2D eigenvalue weighted by molar-refractivity contribution is 0.0951. The highest BCUT2D eigenvalue weighted by Gasteiger charge is 2.16. The van der Waals surface area contributed by atoms with Crippen LogP contribution in [0.2, 0.25) is 5.02 Å². The summed E-state index contributed by atoms with van der Waals surface area (Å²) in [4.78, 5) is 12.2. The Morgan fingerprint density at radius 2 is 1.96 bits per heavy atom. The van der Waals surface area contributed by atoms with Gasteiger partial charge in [-0.05, 0) is 42.0 Å². The van der Waals surface area contributed by atoms with Crippen LogP contribution in [0.25, 0.3) is 0 Å². The maximum Gasteiger partial charge on any atom is 0.251 e. The molecule has 1 aliphatic rings. The molecule has 1 aliphatic heterocycles. The molecular formula is C18H15ClN2O3. The highest BCUT2D eigenvalue weighted by Crippen LogP contribution is 2.37. The minimum Gasteiger partial charge on any atom is -0.489 e. The Kier molecular flexibility index (Phi) is 4.88. The summed E-state index contributed by atoms with van der Waals surface area (Å²) in [7, 11) is 0. The summed E-state index contributed by atoms with van der Waals surface area (Å²) < 4.78 is 11.2. The molecule has 1 heterocycles. The van der Waals surface area contributed by atoms with E-state index >= 15 is 0 Å². The van der Waals surface area contributed by atoms with Crippen LogP contribution in [-0.4, -0.2) is 19.1 Å². The number of carbonyl (C=O) groups is 1. The number of nitrogens with one attached hydrogen (secondary N) is 1. The summed E-state index contributed by atoms with van der Waals surface area (Å²) >= 11 is 6.24. The van der Waals surface area contributed by atoms with E-state index in [0.717, 1.165) is 12.0 Å². The Bertz CT molecular complexity index is 797. The number of ether oxygens (including phenoxy) is 2. The van der Waals surface area contributed by atoms with Crippen LogP contribution in [0.4, 0.5) is 0 Å². The van der Waals surface area contributed by atoms with Crippen molar-refractivity contribution in [1.82, 2.24) is 5.32 Å². The maximum atomic E-state index is 12.2. The van der Waals surface area contributed by atoms with Gasteiger partial charge >= 0.3 is 0 Å². The first-order valence-electron chi connectivity index (χ1n) is 7.54. The molecule has 2 aromatic rings. The number of carbonyl (C=O) groups excluding carboxylic acids is 1. The van der Waals surface area contributed by atoms with Crippen LogP contribution in [0, 0.1) is 11.3 Å². The fraction of sp³-hybridized carbons (Fsp3) is 0.222. The number of nitrogens with zero attached hydrogens (tertiary/aromatic N) is 1. The van der Waals surface area contributed by atoms with Gasteiger partial charge in [-0.1, -0.05) is 11.6 Å². The van der Waals surface area contributed by atoms with E-state index in [0.29, 0.717) is 47.4 Å². The minimum absolute atomic E-state index is 0.220. The molecule has 0 fully saturated rings. The van der Waals surface area contributed by atoms with Crippen molar-refractivity contribution in [3.05, 3.63) is 58.1 Å². The van der Waals surface area contributed by atoms with Gasteiger partial charge in [0.15, 0.2) is 11.5 Å². The van der Waals surface area contributed by atoms with Crippen molar-refractivity contribution in [1.29, 1.82) is 5.26 Å². The van der Waals surface area contributed by atoms with Crippen molar-refractivity contribution in [3.63, 3.8) is 0 Å². The van der Waals surface area contributed by atoms with Gasteiger partial charge in [-0.15, -0.1) is 0 Å². The third kappa shape index (κ3) is 3.61. The number of halogens is 1. The van der Waals surface area contributed by atoms with Crippen LogP contribution in [0.1, 0.15) is 27.9 Å². The van der Waals surface area contributed by atoms with Crippen LogP contribution in [-0.2, 0) is 6.54 Å². The Hall–Kier alpha value is -2.71. The Balaban J connectivity index is 1.70. The van der Waals surface area contributed by atoms with Crippen molar-refractivity contribution in [2.24, 2.45) is 0 Å². The van der Waals surface area contributed by atoms with E-state index in [1.165, 1.54) is 0 Å². The predicted molar refractivity (Wildman–Crippen MR) is 89.4 cm³/mol. The quantitative estimate of drug-likeness (QED) is 0.929. The number of rotatable bonds is 3. The smallest absolute Gasteiger partial charge is 0.251 e. The molecule has 0 spiro atoms. The highest BCUT2D eigenvalue weighted by atomic mass is 35.5. The second kappa shape index (κ2) is 7.24. The van der Waals surface area contributed by atoms with Gasteiger partial charge in [0.1, 0.15) is 0 Å². The average molecular weight is 343 g/mol. The van der Waals surface area contributed by atoms with Gasteiger partial charge in [0.05, 0.1) is 29.9 Å². The molecule has 0 aromatic heterocycles. The summed E-state index contributed by atoms with van der Waals surface area (Å²) in [6.45, 7) is 1.46. The van der Waals surface area contributed by atoms with E-state index < -0.39 is 0 Å². The molecule has 24 heavy (non-hydrogen) atoms. The molecule has 2 aromatic carbocycles. The molecule has 0 radical (unpaired) electrons. The number of nitriles is 1. The molecule has 0 aliphatic carbocycles. The van der Waals surface area contributed by atoms with Crippen molar-refractivity contribution < 1.29 is 14.3 Å². The molecule has 0 unspecified atom stereocenters. The standard InChI is InChI=1S/C18H15ClN2O3/c19-15-8-13(9-16-17(15)24-7-1-6-23-16)11-21-18(22)14-4-2-12(10-20)3-5-14/h2-5,8-9H,1,6-7,11H2,(H,21,22). The zero-order valence-corrected chi connectivity index (χ0v) is 13.6. The minimum atomic E-state index is -0.220. The summed E-state index contributed by atoms with van der Waals surface area (Å²) in [5, 5.41) is 12.1. The number of hydrogen-bond donors (Lipinski definition) is 1. The molecule has 0 bridgehead atoms. The average Bonchev–Trinajstić information content (AvgIpc) is 2.85. The lowest BCUT2D eigenvalue weighted by Gasteiger charge is -2.12. The first kappa shape index (κ1) is 16.2. The van der Waals surface area contributed by atoms with Crippen LogP contribution in [0.5, 0.6) is 11.5 Å². The number of fused-ring (bicyclic) bond motifs is 1. The van der Waals surface area contributed by atoms with Crippen LogP contribution < -0.4 is 14.8 Å². The topological polar surface area (TPSA) is 71.4 Å². The van der Waals surface area contributed by atoms with E-state index in [4.69, 9.17) is 26.3 Å². The number of hydrogen-bond acceptors (Lipinski definition) is 4. The molecule has 1 amide bonds. The van der Waals surface area contributed by atoms with Crippen LogP contribution in [0.3, 0.4) is 0 Å². The molecule has 3 rings (SSSR count). The van der Waals surface area contributed by atoms with Crippen molar-refractivity contribution in [2.45, 2.75) is 13.0 Å². The molecule has 5 nitrogen and oxygen atoms in total. The van der Waals surface area contributed by atoms with E-state index in [1.54, 1.807) is 30.3 Å². The zero-order valence-electron chi connectivity index (χ0n) is 12.8. The lowest BCUT2D eigenvalue weighted by atomic mass is 10.1. The first-order chi connectivity index (χ1) is 11.7. The van der Waals surface area contributed by atoms with Gasteiger partial charge in [-0.2, -0.15) is 5.26 Å². The summed E-state index contributed by atoms with van der Waals surface area (Å²) in [5.41, 5.74) is 1.84. The molecule has 6 heteroatoms. The monoisotopic (exact) mass is 342 g/mol. The Labute approximate surface area is 144 Å². The second-order valence-electron chi connectivity index (χ2n) is 5.33. The Morgan fingerprint density at radius 1 is 1.21 bits per heavy atom. The van der Waals surface area contributed by atoms with Crippen LogP contribution >= 0.6 is 11.6 Å². The van der Waals surface area contributed by atoms with E-state index in [2.05, 4.69) is 5.32 Å². The first-order valence-corrected chi connectivity index (χ1v) is 7.91. The largest absolute Gasteiger partial charge is 0.489 e. The maximum absolute atomic E-state index is 12.2. The fourth-order valence-corrected chi connectivity index (χ4v) is 2.65. The molecule has 0 saturated carbocycles. The fourth-order valence-electron chi connectivity index (χ4n) is 2.37. The molecule has 0 saturated heterocycles. The molecule has 1 N–H and O–H groups in total. The number of benzene rings is 2. The van der Waals surface area contributed by atoms with Crippen LogP contribution in [0.15, 0.2) is 36.4 Å². The van der Waals surface area contributed by atoms with E-state index in [9.17, 15) is 4.79 Å². The normalized spacial score (nSPS) is 12.8. The van der Waals surface area contributed by atoms with Crippen molar-refractivity contribution in [2.75, 3.05) is 13.2 Å². The summed E-state index contributed by atoms with van der Waals surface area (Å²) in [6, 6.07) is 12.1. The molecule has 122 valence electrons.